The number of hydrogen-bond acceptors (Lipinski definition) is 3. The highest BCUT2D eigenvalue weighted by molar-refractivity contribution is 5.76. The number of nitrogens with two attached hydrogens (primary N) is 1. The molecule has 0 aliphatic rings. The van der Waals surface area contributed by atoms with E-state index in [1.807, 2.05) is 0 Å². The molecule has 0 rings (SSSR count). The molecule has 1 amide bonds. The summed E-state index contributed by atoms with van der Waals surface area (Å²) in [4.78, 5) is 21.8. The van der Waals surface area contributed by atoms with Gasteiger partial charge in [-0.3, -0.25) is 9.59 Å². The van der Waals surface area contributed by atoms with E-state index < -0.39 is 5.97 Å². The molecular weight excluding hydrogens is 220 g/mol. The summed E-state index contributed by atoms with van der Waals surface area (Å²) >= 11 is 0. The standard InChI is InChI=1S/C12H24N2O3/c1-9(2)6-10(8-13)7-11(15)14-5-3-4-12(16)17/h9-10H,3-8,13H2,1-2H3,(H,14,15)(H,16,17)/t10-/m0/s1. The number of nitrogens with one attached hydrogen (secondary N) is 1. The van der Waals surface area contributed by atoms with E-state index in [0.29, 0.717) is 31.8 Å². The van der Waals surface area contributed by atoms with Crippen molar-refractivity contribution in [1.82, 2.24) is 5.32 Å². The van der Waals surface area contributed by atoms with Crippen molar-refractivity contribution >= 4 is 11.9 Å². The van der Waals surface area contributed by atoms with Crippen LogP contribution in [-0.2, 0) is 9.59 Å². The second-order valence-electron chi connectivity index (χ2n) is 4.78. The Balaban J connectivity index is 3.71. The molecule has 5 heteroatoms. The van der Waals surface area contributed by atoms with Crippen LogP contribution in [0.25, 0.3) is 0 Å². The Morgan fingerprint density at radius 1 is 1.35 bits per heavy atom. The zero-order valence-electron chi connectivity index (χ0n) is 10.7. The largest absolute Gasteiger partial charge is 0.481 e. The summed E-state index contributed by atoms with van der Waals surface area (Å²) in [7, 11) is 0. The Kier molecular flexibility index (Phi) is 8.40. The first-order chi connectivity index (χ1) is 7.95. The molecule has 0 aliphatic carbocycles. The SMILES string of the molecule is CC(C)C[C@H](CN)CC(=O)NCCCC(=O)O. The normalized spacial score (nSPS) is 12.5. The zero-order valence-corrected chi connectivity index (χ0v) is 10.7. The maximum Gasteiger partial charge on any atom is 0.303 e. The summed E-state index contributed by atoms with van der Waals surface area (Å²) in [6.07, 6.45) is 1.94. The molecular formula is C12H24N2O3. The minimum atomic E-state index is -0.834. The number of carboxylic acids is 1. The van der Waals surface area contributed by atoms with Gasteiger partial charge in [0.15, 0.2) is 0 Å². The van der Waals surface area contributed by atoms with Crippen LogP contribution in [0.15, 0.2) is 0 Å². The lowest BCUT2D eigenvalue weighted by molar-refractivity contribution is -0.137. The van der Waals surface area contributed by atoms with Gasteiger partial charge in [-0.1, -0.05) is 13.8 Å². The summed E-state index contributed by atoms with van der Waals surface area (Å²) in [6, 6.07) is 0. The van der Waals surface area contributed by atoms with Crippen molar-refractivity contribution in [2.24, 2.45) is 17.6 Å². The molecule has 0 radical (unpaired) electrons. The monoisotopic (exact) mass is 244 g/mol. The molecule has 0 heterocycles. The highest BCUT2D eigenvalue weighted by Crippen LogP contribution is 2.13. The number of carbonyl (C=O) groups excluding carboxylic acids is 1. The molecule has 0 unspecified atom stereocenters. The highest BCUT2D eigenvalue weighted by atomic mass is 16.4. The average molecular weight is 244 g/mol. The van der Waals surface area contributed by atoms with Gasteiger partial charge in [0.1, 0.15) is 0 Å². The van der Waals surface area contributed by atoms with Gasteiger partial charge in [-0.2, -0.15) is 0 Å². The van der Waals surface area contributed by atoms with E-state index in [1.54, 1.807) is 0 Å². The number of carbonyl (C=O) groups is 2. The Hall–Kier alpha value is -1.10. The van der Waals surface area contributed by atoms with Crippen LogP contribution in [0.3, 0.4) is 0 Å². The predicted octanol–water partition coefficient (Wildman–Crippen LogP) is 0.979. The van der Waals surface area contributed by atoms with Crippen molar-refractivity contribution in [3.05, 3.63) is 0 Å². The second-order valence-corrected chi connectivity index (χ2v) is 4.78. The third kappa shape index (κ3) is 9.81. The summed E-state index contributed by atoms with van der Waals surface area (Å²) in [5.74, 6) is -0.122. The van der Waals surface area contributed by atoms with Crippen LogP contribution in [0.5, 0.6) is 0 Å². The molecule has 0 aromatic carbocycles. The summed E-state index contributed by atoms with van der Waals surface area (Å²) in [6.45, 7) is 5.14. The molecule has 0 spiro atoms. The molecule has 0 fully saturated rings. The van der Waals surface area contributed by atoms with Crippen molar-refractivity contribution in [3.8, 4) is 0 Å². The smallest absolute Gasteiger partial charge is 0.303 e. The molecule has 5 nitrogen and oxygen atoms in total. The molecule has 0 bridgehead atoms. The van der Waals surface area contributed by atoms with E-state index in [-0.39, 0.29) is 18.2 Å². The van der Waals surface area contributed by atoms with Gasteiger partial charge in [0.2, 0.25) is 5.91 Å². The van der Waals surface area contributed by atoms with Gasteiger partial charge in [-0.25, -0.2) is 0 Å². The van der Waals surface area contributed by atoms with Crippen LogP contribution >= 0.6 is 0 Å². The Morgan fingerprint density at radius 2 is 2.00 bits per heavy atom. The molecule has 100 valence electrons. The van der Waals surface area contributed by atoms with Gasteiger partial charge in [0.25, 0.3) is 0 Å². The third-order valence-electron chi connectivity index (χ3n) is 2.50. The molecule has 0 aliphatic heterocycles. The predicted molar refractivity (Wildman–Crippen MR) is 66.5 cm³/mol. The second kappa shape index (κ2) is 8.98. The van der Waals surface area contributed by atoms with E-state index in [1.165, 1.54) is 0 Å². The van der Waals surface area contributed by atoms with E-state index in [4.69, 9.17) is 10.8 Å². The van der Waals surface area contributed by atoms with E-state index in [2.05, 4.69) is 19.2 Å². The zero-order chi connectivity index (χ0) is 13.3. The van der Waals surface area contributed by atoms with Crippen molar-refractivity contribution in [2.75, 3.05) is 13.1 Å². The average Bonchev–Trinajstić information content (AvgIpc) is 2.22. The number of rotatable bonds is 9. The van der Waals surface area contributed by atoms with Crippen molar-refractivity contribution in [3.63, 3.8) is 0 Å². The maximum absolute atomic E-state index is 11.5. The first-order valence-electron chi connectivity index (χ1n) is 6.14. The number of carboxylic acid groups (broad SMARTS) is 1. The van der Waals surface area contributed by atoms with Gasteiger partial charge in [-0.05, 0) is 31.2 Å². The molecule has 0 aromatic heterocycles. The van der Waals surface area contributed by atoms with Crippen LogP contribution in [0.1, 0.15) is 39.5 Å². The lowest BCUT2D eigenvalue weighted by Crippen LogP contribution is -2.29. The minimum absolute atomic E-state index is 0.0357. The Labute approximate surface area is 103 Å². The molecule has 4 N–H and O–H groups in total. The Bertz CT molecular complexity index is 242. The fourth-order valence-corrected chi connectivity index (χ4v) is 1.73. The van der Waals surface area contributed by atoms with Gasteiger partial charge in [0.05, 0.1) is 0 Å². The Morgan fingerprint density at radius 3 is 2.47 bits per heavy atom. The van der Waals surface area contributed by atoms with Gasteiger partial charge in [-0.15, -0.1) is 0 Å². The number of hydrogen-bond donors (Lipinski definition) is 3. The lowest BCUT2D eigenvalue weighted by Gasteiger charge is -2.16. The van der Waals surface area contributed by atoms with Gasteiger partial charge < -0.3 is 16.2 Å². The topological polar surface area (TPSA) is 92.4 Å². The van der Waals surface area contributed by atoms with Crippen molar-refractivity contribution in [1.29, 1.82) is 0 Å². The van der Waals surface area contributed by atoms with E-state index in [9.17, 15) is 9.59 Å². The fourth-order valence-electron chi connectivity index (χ4n) is 1.73. The first-order valence-corrected chi connectivity index (χ1v) is 6.14. The van der Waals surface area contributed by atoms with Crippen LogP contribution in [-0.4, -0.2) is 30.1 Å². The first kappa shape index (κ1) is 15.9. The lowest BCUT2D eigenvalue weighted by atomic mass is 9.94. The molecule has 0 saturated carbocycles. The summed E-state index contributed by atoms with van der Waals surface area (Å²) < 4.78 is 0. The quantitative estimate of drug-likeness (QED) is 0.527. The third-order valence-corrected chi connectivity index (χ3v) is 2.50. The molecule has 0 aromatic rings. The summed E-state index contributed by atoms with van der Waals surface area (Å²) in [5, 5.41) is 11.2. The number of aliphatic carboxylic acids is 1. The number of amides is 1. The van der Waals surface area contributed by atoms with E-state index in [0.717, 1.165) is 6.42 Å². The van der Waals surface area contributed by atoms with Crippen molar-refractivity contribution < 1.29 is 14.7 Å². The molecule has 1 atom stereocenters. The summed E-state index contributed by atoms with van der Waals surface area (Å²) in [5.41, 5.74) is 5.61. The van der Waals surface area contributed by atoms with E-state index >= 15 is 0 Å². The highest BCUT2D eigenvalue weighted by Gasteiger charge is 2.13. The van der Waals surface area contributed by atoms with Gasteiger partial charge >= 0.3 is 5.97 Å². The van der Waals surface area contributed by atoms with Crippen LogP contribution in [0.2, 0.25) is 0 Å². The maximum atomic E-state index is 11.5. The van der Waals surface area contributed by atoms with Crippen LogP contribution in [0.4, 0.5) is 0 Å². The van der Waals surface area contributed by atoms with Gasteiger partial charge in [0, 0.05) is 19.4 Å². The fraction of sp³-hybridized carbons (Fsp3) is 0.833. The van der Waals surface area contributed by atoms with Crippen molar-refractivity contribution in [2.45, 2.75) is 39.5 Å². The molecule has 0 saturated heterocycles. The molecule has 17 heavy (non-hydrogen) atoms. The van der Waals surface area contributed by atoms with Crippen LogP contribution < -0.4 is 11.1 Å². The van der Waals surface area contributed by atoms with Crippen LogP contribution in [0, 0.1) is 11.8 Å². The minimum Gasteiger partial charge on any atom is -0.481 e.